The Morgan fingerprint density at radius 3 is 2.37 bits per heavy atom. The van der Waals surface area contributed by atoms with E-state index < -0.39 is 40.1 Å². The molecule has 0 radical (unpaired) electrons. The first-order valence-corrected chi connectivity index (χ1v) is 16.8. The minimum absolute atomic E-state index is 0.00630. The normalized spacial score (nSPS) is 21.2. The Morgan fingerprint density at radius 2 is 1.78 bits per heavy atom. The fourth-order valence-electron chi connectivity index (χ4n) is 5.69. The lowest BCUT2D eigenvalue weighted by Gasteiger charge is -2.40. The quantitative estimate of drug-likeness (QED) is 0.309. The summed E-state index contributed by atoms with van der Waals surface area (Å²) in [5.41, 5.74) is 0.769. The molecule has 3 aromatic rings. The number of halogens is 3. The highest BCUT2D eigenvalue weighted by Crippen LogP contribution is 2.35. The van der Waals surface area contributed by atoms with E-state index in [0.717, 1.165) is 30.5 Å². The molecule has 248 valence electrons. The number of ether oxygens (including phenoxy) is 2. The van der Waals surface area contributed by atoms with Crippen molar-refractivity contribution >= 4 is 21.7 Å². The maximum Gasteiger partial charge on any atom is 0.416 e. The maximum atomic E-state index is 13.1. The van der Waals surface area contributed by atoms with Crippen molar-refractivity contribution in [1.29, 1.82) is 0 Å². The van der Waals surface area contributed by atoms with Crippen LogP contribution < -0.4 is 10.2 Å². The van der Waals surface area contributed by atoms with Crippen LogP contribution in [0.5, 0.6) is 0 Å². The van der Waals surface area contributed by atoms with Gasteiger partial charge >= 0.3 is 6.18 Å². The summed E-state index contributed by atoms with van der Waals surface area (Å²) in [5.74, 6) is -0.281. The van der Waals surface area contributed by atoms with Crippen molar-refractivity contribution in [3.05, 3.63) is 83.2 Å². The van der Waals surface area contributed by atoms with E-state index in [-0.39, 0.29) is 34.3 Å². The number of alkyl halides is 3. The van der Waals surface area contributed by atoms with Crippen molar-refractivity contribution < 1.29 is 41.0 Å². The highest BCUT2D eigenvalue weighted by atomic mass is 32.2. The van der Waals surface area contributed by atoms with Crippen molar-refractivity contribution in [3.63, 3.8) is 0 Å². The number of aliphatic hydroxyl groups excluding tert-OH is 1. The standard InChI is InChI=1S/C32H37F3N4O6S/c1-2-46(42,43)28-11-6-22(7-12-28)29(18-40)38-30(41)24-15-36-31(37-16-24)39-17-23(21-3-8-25(9-4-21)32(33,34)35)5-10-26(39)19-45-27-13-14-44-20-27/h3-4,6-9,11-12,15-16,23,26-27,29,40H,2,5,10,13-14,17-20H2,1H3,(H,38,41)/t23?,26-,27+,29-/m0/s1. The number of nitrogens with zero attached hydrogens (tertiary/aromatic N) is 3. The number of hydrogen-bond acceptors (Lipinski definition) is 9. The lowest BCUT2D eigenvalue weighted by molar-refractivity contribution is -0.137. The largest absolute Gasteiger partial charge is 0.416 e. The van der Waals surface area contributed by atoms with E-state index in [2.05, 4.69) is 15.3 Å². The van der Waals surface area contributed by atoms with Crippen LogP contribution in [-0.4, -0.2) is 80.3 Å². The van der Waals surface area contributed by atoms with E-state index in [4.69, 9.17) is 9.47 Å². The molecule has 2 N–H and O–H groups in total. The summed E-state index contributed by atoms with van der Waals surface area (Å²) in [5, 5.41) is 12.7. The third-order valence-electron chi connectivity index (χ3n) is 8.49. The minimum atomic E-state index is -4.41. The van der Waals surface area contributed by atoms with E-state index in [9.17, 15) is 31.5 Å². The fourth-order valence-corrected chi connectivity index (χ4v) is 6.57. The summed E-state index contributed by atoms with van der Waals surface area (Å²) in [4.78, 5) is 24.2. The molecular formula is C32H37F3N4O6S. The Bertz CT molecular complexity index is 1570. The topological polar surface area (TPSA) is 131 Å². The number of anilines is 1. The van der Waals surface area contributed by atoms with E-state index in [1.54, 1.807) is 19.1 Å². The fraction of sp³-hybridized carbons (Fsp3) is 0.469. The van der Waals surface area contributed by atoms with E-state index in [1.807, 2.05) is 4.90 Å². The highest BCUT2D eigenvalue weighted by molar-refractivity contribution is 7.91. The van der Waals surface area contributed by atoms with Gasteiger partial charge in [-0.25, -0.2) is 18.4 Å². The number of amides is 1. The monoisotopic (exact) mass is 662 g/mol. The van der Waals surface area contributed by atoms with Crippen LogP contribution in [0.4, 0.5) is 19.1 Å². The Hall–Kier alpha value is -3.59. The summed E-state index contributed by atoms with van der Waals surface area (Å²) in [6.07, 6.45) is 0.588. The average Bonchev–Trinajstić information content (AvgIpc) is 3.60. The molecule has 4 atom stereocenters. The molecule has 2 aliphatic rings. The van der Waals surface area contributed by atoms with Crippen molar-refractivity contribution in [1.82, 2.24) is 15.3 Å². The number of aromatic nitrogens is 2. The van der Waals surface area contributed by atoms with Crippen molar-refractivity contribution in [2.45, 2.75) is 61.4 Å². The smallest absolute Gasteiger partial charge is 0.394 e. The van der Waals surface area contributed by atoms with Crippen molar-refractivity contribution in [2.24, 2.45) is 0 Å². The zero-order valence-corrected chi connectivity index (χ0v) is 26.1. The molecule has 10 nitrogen and oxygen atoms in total. The van der Waals surface area contributed by atoms with Crippen LogP contribution in [0.3, 0.4) is 0 Å². The molecule has 14 heteroatoms. The number of hydrogen-bond donors (Lipinski definition) is 2. The Morgan fingerprint density at radius 1 is 1.09 bits per heavy atom. The molecule has 2 aromatic carbocycles. The predicted octanol–water partition coefficient (Wildman–Crippen LogP) is 4.31. The van der Waals surface area contributed by atoms with Crippen LogP contribution in [0, 0.1) is 0 Å². The third-order valence-corrected chi connectivity index (χ3v) is 10.2. The van der Waals surface area contributed by atoms with Crippen LogP contribution in [0.1, 0.15) is 65.2 Å². The lowest BCUT2D eigenvalue weighted by atomic mass is 9.87. The zero-order valence-electron chi connectivity index (χ0n) is 25.3. The molecular weight excluding hydrogens is 625 g/mol. The molecule has 2 fully saturated rings. The zero-order chi connectivity index (χ0) is 32.9. The van der Waals surface area contributed by atoms with Crippen LogP contribution in [0.2, 0.25) is 0 Å². The Kier molecular flexibility index (Phi) is 10.6. The second-order valence-corrected chi connectivity index (χ2v) is 13.8. The van der Waals surface area contributed by atoms with Crippen LogP contribution in [0.25, 0.3) is 0 Å². The molecule has 0 saturated carbocycles. The van der Waals surface area contributed by atoms with Gasteiger partial charge in [-0.3, -0.25) is 4.79 Å². The van der Waals surface area contributed by atoms with Gasteiger partial charge in [0.25, 0.3) is 5.91 Å². The summed E-state index contributed by atoms with van der Waals surface area (Å²) >= 11 is 0. The number of aliphatic hydroxyl groups is 1. The number of piperidine rings is 1. The molecule has 3 heterocycles. The summed E-state index contributed by atoms with van der Waals surface area (Å²) in [6, 6.07) is 10.3. The van der Waals surface area contributed by atoms with Gasteiger partial charge in [0.2, 0.25) is 5.95 Å². The lowest BCUT2D eigenvalue weighted by Crippen LogP contribution is -2.46. The van der Waals surface area contributed by atoms with Crippen molar-refractivity contribution in [3.8, 4) is 0 Å². The van der Waals surface area contributed by atoms with Crippen molar-refractivity contribution in [2.75, 3.05) is 43.6 Å². The molecule has 46 heavy (non-hydrogen) atoms. The average molecular weight is 663 g/mol. The number of carbonyl (C=O) groups is 1. The molecule has 5 rings (SSSR count). The summed E-state index contributed by atoms with van der Waals surface area (Å²) in [6.45, 7) is 3.15. The van der Waals surface area contributed by atoms with Crippen LogP contribution in [0.15, 0.2) is 65.8 Å². The molecule has 0 bridgehead atoms. The van der Waals surface area contributed by atoms with E-state index in [0.29, 0.717) is 44.3 Å². The van der Waals surface area contributed by atoms with E-state index >= 15 is 0 Å². The van der Waals surface area contributed by atoms with Gasteiger partial charge in [0.15, 0.2) is 9.84 Å². The maximum absolute atomic E-state index is 13.1. The Balaban J connectivity index is 1.30. The molecule has 2 aliphatic heterocycles. The number of benzene rings is 2. The van der Waals surface area contributed by atoms with Gasteiger partial charge in [-0.05, 0) is 54.7 Å². The predicted molar refractivity (Wildman–Crippen MR) is 163 cm³/mol. The van der Waals surface area contributed by atoms with Gasteiger partial charge in [-0.15, -0.1) is 0 Å². The van der Waals surface area contributed by atoms with Crippen LogP contribution in [-0.2, 0) is 25.5 Å². The van der Waals surface area contributed by atoms with Gasteiger partial charge in [-0.2, -0.15) is 13.2 Å². The van der Waals surface area contributed by atoms with Gasteiger partial charge in [0.05, 0.1) is 59.8 Å². The highest BCUT2D eigenvalue weighted by Gasteiger charge is 2.34. The molecule has 1 amide bonds. The first-order valence-electron chi connectivity index (χ1n) is 15.2. The number of sulfone groups is 1. The molecule has 0 aliphatic carbocycles. The second kappa shape index (κ2) is 14.4. The summed E-state index contributed by atoms with van der Waals surface area (Å²) in [7, 11) is -3.39. The summed E-state index contributed by atoms with van der Waals surface area (Å²) < 4.78 is 75.2. The van der Waals surface area contributed by atoms with Gasteiger partial charge in [0, 0.05) is 31.5 Å². The SMILES string of the molecule is CCS(=O)(=O)c1ccc([C@H](CO)NC(=O)c2cnc(N3CC(c4ccc(C(F)(F)F)cc4)CC[C@H]3CO[C@@H]3CCOC3)nc2)cc1. The number of nitrogens with one attached hydrogen (secondary N) is 1. The molecule has 1 aromatic heterocycles. The third kappa shape index (κ3) is 8.03. The Labute approximate surface area is 265 Å². The van der Waals surface area contributed by atoms with Gasteiger partial charge in [0.1, 0.15) is 0 Å². The molecule has 1 unspecified atom stereocenters. The first-order chi connectivity index (χ1) is 22.0. The minimum Gasteiger partial charge on any atom is -0.394 e. The van der Waals surface area contributed by atoms with Crippen LogP contribution >= 0.6 is 0 Å². The second-order valence-electron chi connectivity index (χ2n) is 11.5. The van der Waals surface area contributed by atoms with Gasteiger partial charge < -0.3 is 24.8 Å². The van der Waals surface area contributed by atoms with E-state index in [1.165, 1.54) is 36.7 Å². The first kappa shape index (κ1) is 33.8. The van der Waals surface area contributed by atoms with Gasteiger partial charge in [-0.1, -0.05) is 31.2 Å². The molecule has 2 saturated heterocycles. The molecule has 0 spiro atoms. The number of carbonyl (C=O) groups excluding carboxylic acids is 1. The number of rotatable bonds is 11.